The summed E-state index contributed by atoms with van der Waals surface area (Å²) in [6.07, 6.45) is 0.173. The normalized spacial score (nSPS) is 9.67. The summed E-state index contributed by atoms with van der Waals surface area (Å²) in [5.41, 5.74) is 0.742. The summed E-state index contributed by atoms with van der Waals surface area (Å²) in [6, 6.07) is 5.46. The standard InChI is InChI=1S/C15H20N2O4/c1-5-17(7-6-16)14(18)10-11-8-12(19-2)15(21-4)13(9-11)20-3/h8-9H,5,7,10H2,1-4H3. The number of likely N-dealkylation sites (N-methyl/N-ethyl adjacent to an activating group) is 1. The van der Waals surface area contributed by atoms with E-state index in [1.165, 1.54) is 26.2 Å². The summed E-state index contributed by atoms with van der Waals surface area (Å²) in [5, 5.41) is 8.71. The molecule has 0 fully saturated rings. The van der Waals surface area contributed by atoms with Crippen LogP contribution < -0.4 is 14.2 Å². The molecule has 0 atom stereocenters. The van der Waals surface area contributed by atoms with E-state index >= 15 is 0 Å². The smallest absolute Gasteiger partial charge is 0.227 e. The molecule has 0 aliphatic rings. The van der Waals surface area contributed by atoms with E-state index in [4.69, 9.17) is 19.5 Å². The van der Waals surface area contributed by atoms with Crippen LogP contribution >= 0.6 is 0 Å². The maximum Gasteiger partial charge on any atom is 0.227 e. The highest BCUT2D eigenvalue weighted by Crippen LogP contribution is 2.38. The number of carbonyl (C=O) groups excluding carboxylic acids is 1. The van der Waals surface area contributed by atoms with E-state index in [2.05, 4.69) is 0 Å². The first-order valence-electron chi connectivity index (χ1n) is 6.54. The van der Waals surface area contributed by atoms with Crippen molar-refractivity contribution >= 4 is 5.91 Å². The molecule has 0 radical (unpaired) electrons. The van der Waals surface area contributed by atoms with Gasteiger partial charge in [0.05, 0.1) is 33.8 Å². The zero-order valence-electron chi connectivity index (χ0n) is 12.8. The van der Waals surface area contributed by atoms with Crippen molar-refractivity contribution in [2.24, 2.45) is 0 Å². The second-order valence-electron chi connectivity index (χ2n) is 4.28. The van der Waals surface area contributed by atoms with Gasteiger partial charge < -0.3 is 19.1 Å². The summed E-state index contributed by atoms with van der Waals surface area (Å²) in [7, 11) is 4.57. The molecule has 0 bridgehead atoms. The molecule has 6 heteroatoms. The Kier molecular flexibility index (Phi) is 6.34. The van der Waals surface area contributed by atoms with Gasteiger partial charge in [-0.25, -0.2) is 0 Å². The Balaban J connectivity index is 3.04. The van der Waals surface area contributed by atoms with Gasteiger partial charge in [-0.15, -0.1) is 0 Å². The molecule has 0 saturated heterocycles. The van der Waals surface area contributed by atoms with Gasteiger partial charge in [-0.3, -0.25) is 4.79 Å². The van der Waals surface area contributed by atoms with Crippen LogP contribution in [0.4, 0.5) is 0 Å². The fourth-order valence-corrected chi connectivity index (χ4v) is 1.99. The second kappa shape index (κ2) is 8.00. The number of rotatable bonds is 7. The van der Waals surface area contributed by atoms with Crippen molar-refractivity contribution in [3.8, 4) is 23.3 Å². The van der Waals surface area contributed by atoms with Crippen molar-refractivity contribution in [1.29, 1.82) is 5.26 Å². The third-order valence-electron chi connectivity index (χ3n) is 3.08. The molecule has 1 amide bonds. The summed E-state index contributed by atoms with van der Waals surface area (Å²) < 4.78 is 15.7. The molecule has 6 nitrogen and oxygen atoms in total. The van der Waals surface area contributed by atoms with Gasteiger partial charge in [0.2, 0.25) is 11.7 Å². The largest absolute Gasteiger partial charge is 0.493 e. The Bertz CT molecular complexity index is 512. The van der Waals surface area contributed by atoms with Crippen LogP contribution in [0.5, 0.6) is 17.2 Å². The minimum absolute atomic E-state index is 0.0831. The van der Waals surface area contributed by atoms with Crippen LogP contribution in [0.2, 0.25) is 0 Å². The highest BCUT2D eigenvalue weighted by molar-refractivity contribution is 5.79. The molecule has 0 aliphatic heterocycles. The Morgan fingerprint density at radius 2 is 1.76 bits per heavy atom. The molecule has 0 heterocycles. The molecule has 0 saturated carbocycles. The molecule has 21 heavy (non-hydrogen) atoms. The molecule has 0 aromatic heterocycles. The number of amides is 1. The first kappa shape index (κ1) is 16.6. The number of nitriles is 1. The van der Waals surface area contributed by atoms with Crippen molar-refractivity contribution in [2.75, 3.05) is 34.4 Å². The minimum atomic E-state index is -0.117. The third kappa shape index (κ3) is 4.02. The lowest BCUT2D eigenvalue weighted by molar-refractivity contribution is -0.129. The number of carbonyl (C=O) groups is 1. The predicted octanol–water partition coefficient (Wildman–Crippen LogP) is 1.63. The first-order valence-corrected chi connectivity index (χ1v) is 6.54. The van der Waals surface area contributed by atoms with E-state index in [0.717, 1.165) is 5.56 Å². The quantitative estimate of drug-likeness (QED) is 0.714. The van der Waals surface area contributed by atoms with Gasteiger partial charge >= 0.3 is 0 Å². The lowest BCUT2D eigenvalue weighted by Gasteiger charge is -2.18. The molecule has 1 rings (SSSR count). The van der Waals surface area contributed by atoms with Gasteiger partial charge in [-0.1, -0.05) is 0 Å². The lowest BCUT2D eigenvalue weighted by atomic mass is 10.1. The average Bonchev–Trinajstić information content (AvgIpc) is 2.51. The summed E-state index contributed by atoms with van der Waals surface area (Å²) in [6.45, 7) is 2.42. The number of nitrogens with zero attached hydrogens (tertiary/aromatic N) is 2. The molecule has 1 aromatic rings. The minimum Gasteiger partial charge on any atom is -0.493 e. The van der Waals surface area contributed by atoms with E-state index in [1.54, 1.807) is 12.1 Å². The number of benzene rings is 1. The second-order valence-corrected chi connectivity index (χ2v) is 4.28. The Morgan fingerprint density at radius 1 is 1.19 bits per heavy atom. The lowest BCUT2D eigenvalue weighted by Crippen LogP contribution is -2.32. The maximum absolute atomic E-state index is 12.1. The van der Waals surface area contributed by atoms with Gasteiger partial charge in [-0.2, -0.15) is 5.26 Å². The fraction of sp³-hybridized carbons (Fsp3) is 0.467. The third-order valence-corrected chi connectivity index (χ3v) is 3.08. The molecule has 0 N–H and O–H groups in total. The van der Waals surface area contributed by atoms with Crippen LogP contribution in [0.15, 0.2) is 12.1 Å². The van der Waals surface area contributed by atoms with Gasteiger partial charge in [0.25, 0.3) is 0 Å². The summed E-state index contributed by atoms with van der Waals surface area (Å²) in [4.78, 5) is 13.6. The fourth-order valence-electron chi connectivity index (χ4n) is 1.99. The van der Waals surface area contributed by atoms with Crippen molar-refractivity contribution in [3.63, 3.8) is 0 Å². The highest BCUT2D eigenvalue weighted by Gasteiger charge is 2.17. The van der Waals surface area contributed by atoms with Crippen LogP contribution in [0.3, 0.4) is 0 Å². The summed E-state index contributed by atoms with van der Waals surface area (Å²) in [5.74, 6) is 1.37. The van der Waals surface area contributed by atoms with Crippen LogP contribution in [-0.2, 0) is 11.2 Å². The summed E-state index contributed by atoms with van der Waals surface area (Å²) >= 11 is 0. The Morgan fingerprint density at radius 3 is 2.14 bits per heavy atom. The van der Waals surface area contributed by atoms with Gasteiger partial charge in [-0.05, 0) is 24.6 Å². The van der Waals surface area contributed by atoms with Gasteiger partial charge in [0.15, 0.2) is 11.5 Å². The predicted molar refractivity (Wildman–Crippen MR) is 77.7 cm³/mol. The van der Waals surface area contributed by atoms with Gasteiger partial charge in [0.1, 0.15) is 6.54 Å². The zero-order valence-corrected chi connectivity index (χ0v) is 12.8. The number of methoxy groups -OCH3 is 3. The SMILES string of the molecule is CCN(CC#N)C(=O)Cc1cc(OC)c(OC)c(OC)c1. The number of hydrogen-bond acceptors (Lipinski definition) is 5. The molecule has 1 aromatic carbocycles. The van der Waals surface area contributed by atoms with Crippen LogP contribution in [-0.4, -0.2) is 45.2 Å². The van der Waals surface area contributed by atoms with E-state index in [1.807, 2.05) is 13.0 Å². The van der Waals surface area contributed by atoms with E-state index < -0.39 is 0 Å². The molecule has 0 spiro atoms. The van der Waals surface area contributed by atoms with Crippen LogP contribution in [0.1, 0.15) is 12.5 Å². The van der Waals surface area contributed by atoms with Crippen molar-refractivity contribution < 1.29 is 19.0 Å². The zero-order chi connectivity index (χ0) is 15.8. The molecule has 0 unspecified atom stereocenters. The molecule has 0 aliphatic carbocycles. The van der Waals surface area contributed by atoms with Crippen LogP contribution in [0.25, 0.3) is 0 Å². The molecule has 114 valence electrons. The van der Waals surface area contributed by atoms with E-state index in [-0.39, 0.29) is 18.9 Å². The Labute approximate surface area is 124 Å². The molecular formula is C15H20N2O4. The highest BCUT2D eigenvalue weighted by atomic mass is 16.5. The van der Waals surface area contributed by atoms with E-state index in [9.17, 15) is 4.79 Å². The first-order chi connectivity index (χ1) is 10.1. The maximum atomic E-state index is 12.1. The molecular weight excluding hydrogens is 272 g/mol. The number of hydrogen-bond donors (Lipinski definition) is 0. The van der Waals surface area contributed by atoms with Crippen molar-refractivity contribution in [3.05, 3.63) is 17.7 Å². The average molecular weight is 292 g/mol. The Hall–Kier alpha value is -2.42. The topological polar surface area (TPSA) is 71.8 Å². The van der Waals surface area contributed by atoms with E-state index in [0.29, 0.717) is 23.8 Å². The van der Waals surface area contributed by atoms with Crippen LogP contribution in [0, 0.1) is 11.3 Å². The van der Waals surface area contributed by atoms with Crippen molar-refractivity contribution in [1.82, 2.24) is 4.90 Å². The number of ether oxygens (including phenoxy) is 3. The monoisotopic (exact) mass is 292 g/mol. The van der Waals surface area contributed by atoms with Crippen molar-refractivity contribution in [2.45, 2.75) is 13.3 Å². The van der Waals surface area contributed by atoms with Gasteiger partial charge in [0, 0.05) is 6.54 Å².